The lowest BCUT2D eigenvalue weighted by molar-refractivity contribution is -0.116. The number of halogens is 1. The summed E-state index contributed by atoms with van der Waals surface area (Å²) in [5.41, 5.74) is 3.04. The maximum absolute atomic E-state index is 12.1. The van der Waals surface area contributed by atoms with E-state index in [9.17, 15) is 4.79 Å². The fourth-order valence-corrected chi connectivity index (χ4v) is 2.21. The first-order valence-electron chi connectivity index (χ1n) is 6.61. The van der Waals surface area contributed by atoms with Crippen LogP contribution in [0.2, 0.25) is 0 Å². The van der Waals surface area contributed by atoms with Gasteiger partial charge >= 0.3 is 0 Å². The number of rotatable bonds is 8. The standard InChI is InChI=1S/C15H22ClNO3/c1-12-5-4-6-13(2)15(12)17(14(18)11-16)7-8-20-10-9-19-3/h4-6H,7-11H2,1-3H3. The summed E-state index contributed by atoms with van der Waals surface area (Å²) in [4.78, 5) is 13.7. The second kappa shape index (κ2) is 8.95. The second-order valence-electron chi connectivity index (χ2n) is 4.52. The van der Waals surface area contributed by atoms with Crippen LogP contribution in [0.15, 0.2) is 18.2 Å². The number of aryl methyl sites for hydroxylation is 2. The van der Waals surface area contributed by atoms with Crippen LogP contribution in [0.4, 0.5) is 5.69 Å². The third-order valence-corrected chi connectivity index (χ3v) is 3.24. The summed E-state index contributed by atoms with van der Waals surface area (Å²) < 4.78 is 10.4. The summed E-state index contributed by atoms with van der Waals surface area (Å²) in [6, 6.07) is 5.96. The number of hydrogen-bond donors (Lipinski definition) is 0. The number of nitrogens with zero attached hydrogens (tertiary/aromatic N) is 1. The van der Waals surface area contributed by atoms with Gasteiger partial charge in [0.1, 0.15) is 5.88 Å². The summed E-state index contributed by atoms with van der Waals surface area (Å²) in [7, 11) is 1.63. The highest BCUT2D eigenvalue weighted by Gasteiger charge is 2.18. The molecule has 1 aromatic carbocycles. The highest BCUT2D eigenvalue weighted by Crippen LogP contribution is 2.24. The number of alkyl halides is 1. The number of benzene rings is 1. The Hall–Kier alpha value is -1.10. The summed E-state index contributed by atoms with van der Waals surface area (Å²) in [5.74, 6) is -0.148. The van der Waals surface area contributed by atoms with Gasteiger partial charge in [0.25, 0.3) is 0 Å². The lowest BCUT2D eigenvalue weighted by Crippen LogP contribution is -2.36. The van der Waals surface area contributed by atoms with Gasteiger partial charge in [0.15, 0.2) is 0 Å². The molecule has 0 fully saturated rings. The summed E-state index contributed by atoms with van der Waals surface area (Å²) in [5, 5.41) is 0. The summed E-state index contributed by atoms with van der Waals surface area (Å²) in [6.07, 6.45) is 0. The van der Waals surface area contributed by atoms with Gasteiger partial charge < -0.3 is 14.4 Å². The number of para-hydroxylation sites is 1. The first-order valence-corrected chi connectivity index (χ1v) is 7.14. The molecule has 0 heterocycles. The van der Waals surface area contributed by atoms with E-state index < -0.39 is 0 Å². The molecule has 0 N–H and O–H groups in total. The highest BCUT2D eigenvalue weighted by molar-refractivity contribution is 6.29. The van der Waals surface area contributed by atoms with Crippen molar-refractivity contribution in [3.05, 3.63) is 29.3 Å². The average Bonchev–Trinajstić information content (AvgIpc) is 2.44. The van der Waals surface area contributed by atoms with Gasteiger partial charge in [0.05, 0.1) is 19.8 Å². The van der Waals surface area contributed by atoms with E-state index in [-0.39, 0.29) is 11.8 Å². The van der Waals surface area contributed by atoms with Crippen LogP contribution in [-0.2, 0) is 14.3 Å². The topological polar surface area (TPSA) is 38.8 Å². The van der Waals surface area contributed by atoms with Crippen molar-refractivity contribution in [2.75, 3.05) is 44.3 Å². The minimum Gasteiger partial charge on any atom is -0.382 e. The Kier molecular flexibility index (Phi) is 7.59. The van der Waals surface area contributed by atoms with Gasteiger partial charge in [-0.2, -0.15) is 0 Å². The Balaban J connectivity index is 2.77. The Morgan fingerprint density at radius 3 is 2.40 bits per heavy atom. The molecule has 0 aromatic heterocycles. The Labute approximate surface area is 125 Å². The number of carbonyl (C=O) groups is 1. The second-order valence-corrected chi connectivity index (χ2v) is 4.79. The van der Waals surface area contributed by atoms with Crippen molar-refractivity contribution in [1.82, 2.24) is 0 Å². The van der Waals surface area contributed by atoms with Crippen LogP contribution < -0.4 is 4.90 Å². The van der Waals surface area contributed by atoms with E-state index in [0.717, 1.165) is 16.8 Å². The Morgan fingerprint density at radius 1 is 1.20 bits per heavy atom. The van der Waals surface area contributed by atoms with Gasteiger partial charge in [-0.1, -0.05) is 18.2 Å². The molecule has 0 spiro atoms. The number of amides is 1. The molecule has 0 aliphatic rings. The number of carbonyl (C=O) groups excluding carboxylic acids is 1. The zero-order chi connectivity index (χ0) is 15.0. The maximum Gasteiger partial charge on any atom is 0.242 e. The normalized spacial score (nSPS) is 10.6. The molecule has 0 bridgehead atoms. The first kappa shape index (κ1) is 17.0. The molecule has 5 heteroatoms. The van der Waals surface area contributed by atoms with E-state index in [4.69, 9.17) is 21.1 Å². The van der Waals surface area contributed by atoms with Crippen LogP contribution in [0.25, 0.3) is 0 Å². The van der Waals surface area contributed by atoms with E-state index in [1.54, 1.807) is 12.0 Å². The number of methoxy groups -OCH3 is 1. The van der Waals surface area contributed by atoms with Gasteiger partial charge in [0, 0.05) is 19.3 Å². The van der Waals surface area contributed by atoms with Crippen molar-refractivity contribution in [2.24, 2.45) is 0 Å². The minimum atomic E-state index is -0.112. The van der Waals surface area contributed by atoms with Gasteiger partial charge in [0.2, 0.25) is 5.91 Å². The molecule has 112 valence electrons. The van der Waals surface area contributed by atoms with Crippen molar-refractivity contribution in [3.63, 3.8) is 0 Å². The van der Waals surface area contributed by atoms with Crippen molar-refractivity contribution in [3.8, 4) is 0 Å². The minimum absolute atomic E-state index is 0.0359. The quantitative estimate of drug-likeness (QED) is 0.547. The zero-order valence-corrected chi connectivity index (χ0v) is 13.1. The number of ether oxygens (including phenoxy) is 2. The van der Waals surface area contributed by atoms with Gasteiger partial charge in [-0.3, -0.25) is 4.79 Å². The van der Waals surface area contributed by atoms with E-state index >= 15 is 0 Å². The van der Waals surface area contributed by atoms with Crippen molar-refractivity contribution >= 4 is 23.2 Å². The molecule has 0 radical (unpaired) electrons. The average molecular weight is 300 g/mol. The molecular formula is C15H22ClNO3. The molecule has 0 aliphatic carbocycles. The SMILES string of the molecule is COCCOCCN(C(=O)CCl)c1c(C)cccc1C. The van der Waals surface area contributed by atoms with Crippen LogP contribution >= 0.6 is 11.6 Å². The van der Waals surface area contributed by atoms with E-state index in [0.29, 0.717) is 26.4 Å². The smallest absolute Gasteiger partial charge is 0.242 e. The van der Waals surface area contributed by atoms with Crippen molar-refractivity contribution in [1.29, 1.82) is 0 Å². The van der Waals surface area contributed by atoms with Crippen LogP contribution in [-0.4, -0.2) is 45.3 Å². The van der Waals surface area contributed by atoms with E-state index in [1.807, 2.05) is 32.0 Å². The molecule has 0 unspecified atom stereocenters. The molecule has 0 saturated heterocycles. The molecule has 0 saturated carbocycles. The Morgan fingerprint density at radius 2 is 1.85 bits per heavy atom. The van der Waals surface area contributed by atoms with Gasteiger partial charge in [-0.15, -0.1) is 11.6 Å². The Bertz CT molecular complexity index is 417. The fourth-order valence-electron chi connectivity index (χ4n) is 2.06. The first-order chi connectivity index (χ1) is 9.61. The lowest BCUT2D eigenvalue weighted by atomic mass is 10.1. The van der Waals surface area contributed by atoms with Crippen LogP contribution in [0.5, 0.6) is 0 Å². The van der Waals surface area contributed by atoms with Crippen LogP contribution in [0.3, 0.4) is 0 Å². The van der Waals surface area contributed by atoms with Gasteiger partial charge in [-0.05, 0) is 25.0 Å². The number of anilines is 1. The predicted octanol–water partition coefficient (Wildman–Crippen LogP) is 2.54. The predicted molar refractivity (Wildman–Crippen MR) is 81.7 cm³/mol. The van der Waals surface area contributed by atoms with Crippen LogP contribution in [0.1, 0.15) is 11.1 Å². The molecular weight excluding hydrogens is 278 g/mol. The summed E-state index contributed by atoms with van der Waals surface area (Å²) in [6.45, 7) is 5.99. The van der Waals surface area contributed by atoms with Gasteiger partial charge in [-0.25, -0.2) is 0 Å². The monoisotopic (exact) mass is 299 g/mol. The third kappa shape index (κ3) is 4.78. The molecule has 0 atom stereocenters. The molecule has 1 rings (SSSR count). The highest BCUT2D eigenvalue weighted by atomic mass is 35.5. The van der Waals surface area contributed by atoms with E-state index in [1.165, 1.54) is 0 Å². The maximum atomic E-state index is 12.1. The van der Waals surface area contributed by atoms with Crippen molar-refractivity contribution < 1.29 is 14.3 Å². The van der Waals surface area contributed by atoms with E-state index in [2.05, 4.69) is 0 Å². The molecule has 0 aliphatic heterocycles. The van der Waals surface area contributed by atoms with Crippen LogP contribution in [0, 0.1) is 13.8 Å². The number of hydrogen-bond acceptors (Lipinski definition) is 3. The lowest BCUT2D eigenvalue weighted by Gasteiger charge is -2.25. The molecule has 1 aromatic rings. The fraction of sp³-hybridized carbons (Fsp3) is 0.533. The molecule has 1 amide bonds. The largest absolute Gasteiger partial charge is 0.382 e. The molecule has 20 heavy (non-hydrogen) atoms. The third-order valence-electron chi connectivity index (χ3n) is 3.02. The zero-order valence-electron chi connectivity index (χ0n) is 12.3. The molecule has 4 nitrogen and oxygen atoms in total. The van der Waals surface area contributed by atoms with Crippen molar-refractivity contribution in [2.45, 2.75) is 13.8 Å². The summed E-state index contributed by atoms with van der Waals surface area (Å²) >= 11 is 5.71.